The maximum atomic E-state index is 13.0. The summed E-state index contributed by atoms with van der Waals surface area (Å²) >= 11 is 0. The quantitative estimate of drug-likeness (QED) is 0.679. The van der Waals surface area contributed by atoms with E-state index in [4.69, 9.17) is 4.74 Å². The number of rotatable bonds is 0. The Bertz CT molecular complexity index is 292. The highest BCUT2D eigenvalue weighted by atomic mass is 19.3. The molecule has 2 aliphatic rings. The molecule has 3 nitrogen and oxygen atoms in total. The van der Waals surface area contributed by atoms with E-state index >= 15 is 0 Å². The molecule has 1 aliphatic carbocycles. The number of nitrogens with one attached hydrogen (secondary N) is 1. The van der Waals surface area contributed by atoms with Gasteiger partial charge in [0.05, 0.1) is 5.54 Å². The second-order valence-corrected chi connectivity index (χ2v) is 4.99. The van der Waals surface area contributed by atoms with Crippen LogP contribution in [0.4, 0.5) is 13.6 Å². The number of carbonyl (C=O) groups is 1. The van der Waals surface area contributed by atoms with Crippen LogP contribution in [0.2, 0.25) is 0 Å². The molecular formula is C10H15F2NO2. The van der Waals surface area contributed by atoms with Crippen molar-refractivity contribution in [3.05, 3.63) is 0 Å². The van der Waals surface area contributed by atoms with Gasteiger partial charge in [0.25, 0.3) is 0 Å². The summed E-state index contributed by atoms with van der Waals surface area (Å²) in [4.78, 5) is 11.2. The number of amides is 1. The Balaban J connectivity index is 2.19. The first kappa shape index (κ1) is 10.6. The number of ether oxygens (including phenoxy) is 1. The Morgan fingerprint density at radius 2 is 1.73 bits per heavy atom. The molecule has 1 saturated carbocycles. The van der Waals surface area contributed by atoms with Gasteiger partial charge in [-0.2, -0.15) is 0 Å². The maximum absolute atomic E-state index is 13.0. The molecule has 0 atom stereocenters. The maximum Gasteiger partial charge on any atom is 0.408 e. The van der Waals surface area contributed by atoms with Crippen LogP contribution in [0.3, 0.4) is 0 Å². The minimum Gasteiger partial charge on any atom is -0.440 e. The lowest BCUT2D eigenvalue weighted by molar-refractivity contribution is -0.110. The summed E-state index contributed by atoms with van der Waals surface area (Å²) in [6.45, 7) is 3.64. The predicted molar refractivity (Wildman–Crippen MR) is 49.8 cm³/mol. The Labute approximate surface area is 87.2 Å². The normalized spacial score (nSPS) is 31.1. The van der Waals surface area contributed by atoms with E-state index in [-0.39, 0.29) is 25.7 Å². The first-order valence-electron chi connectivity index (χ1n) is 5.15. The van der Waals surface area contributed by atoms with Crippen LogP contribution in [0.15, 0.2) is 0 Å². The lowest BCUT2D eigenvalue weighted by atomic mass is 9.72. The molecule has 1 amide bonds. The largest absolute Gasteiger partial charge is 0.440 e. The smallest absolute Gasteiger partial charge is 0.408 e. The highest BCUT2D eigenvalue weighted by molar-refractivity contribution is 5.72. The molecule has 86 valence electrons. The molecule has 0 radical (unpaired) electrons. The van der Waals surface area contributed by atoms with Crippen molar-refractivity contribution in [3.8, 4) is 0 Å². The van der Waals surface area contributed by atoms with Gasteiger partial charge in [-0.15, -0.1) is 0 Å². The minimum absolute atomic E-state index is 0.203. The average Bonchev–Trinajstić information content (AvgIpc) is 2.29. The van der Waals surface area contributed by atoms with Crippen LogP contribution in [-0.2, 0) is 4.74 Å². The summed E-state index contributed by atoms with van der Waals surface area (Å²) in [7, 11) is 0. The van der Waals surface area contributed by atoms with E-state index in [9.17, 15) is 13.6 Å². The van der Waals surface area contributed by atoms with Gasteiger partial charge in [0.15, 0.2) is 0 Å². The number of alkyl carbamates (subject to hydrolysis) is 1. The molecule has 0 aromatic heterocycles. The summed E-state index contributed by atoms with van der Waals surface area (Å²) in [6, 6.07) is 0. The fraction of sp³-hybridized carbons (Fsp3) is 0.900. The Kier molecular flexibility index (Phi) is 2.01. The van der Waals surface area contributed by atoms with Crippen LogP contribution >= 0.6 is 0 Å². The standard InChI is InChI=1S/C10H15F2NO2/c1-8(2)9(15-7(14)13-8)3-5-10(11,12)6-4-9/h3-6H2,1-2H3,(H,13,14). The molecule has 5 heteroatoms. The number of hydrogen-bond donors (Lipinski definition) is 1. The first-order valence-corrected chi connectivity index (χ1v) is 5.15. The van der Waals surface area contributed by atoms with Gasteiger partial charge in [-0.25, -0.2) is 13.6 Å². The molecule has 15 heavy (non-hydrogen) atoms. The average molecular weight is 219 g/mol. The monoisotopic (exact) mass is 219 g/mol. The Morgan fingerprint density at radius 1 is 1.20 bits per heavy atom. The van der Waals surface area contributed by atoms with E-state index in [2.05, 4.69) is 5.32 Å². The molecule has 2 rings (SSSR count). The third kappa shape index (κ3) is 1.58. The van der Waals surface area contributed by atoms with Crippen molar-refractivity contribution in [3.63, 3.8) is 0 Å². The molecule has 0 bridgehead atoms. The van der Waals surface area contributed by atoms with Crippen LogP contribution in [0.1, 0.15) is 39.5 Å². The molecule has 0 unspecified atom stereocenters. The predicted octanol–water partition coefficient (Wildman–Crippen LogP) is 2.45. The van der Waals surface area contributed by atoms with E-state index in [0.29, 0.717) is 0 Å². The molecule has 1 N–H and O–H groups in total. The van der Waals surface area contributed by atoms with Gasteiger partial charge < -0.3 is 10.1 Å². The van der Waals surface area contributed by atoms with Gasteiger partial charge >= 0.3 is 6.09 Å². The van der Waals surface area contributed by atoms with Crippen molar-refractivity contribution in [2.45, 2.75) is 56.6 Å². The molecule has 0 aromatic rings. The van der Waals surface area contributed by atoms with E-state index in [1.54, 1.807) is 0 Å². The fourth-order valence-corrected chi connectivity index (χ4v) is 2.45. The number of hydrogen-bond acceptors (Lipinski definition) is 2. The van der Waals surface area contributed by atoms with Gasteiger partial charge in [0, 0.05) is 12.8 Å². The van der Waals surface area contributed by atoms with Gasteiger partial charge in [0.2, 0.25) is 5.92 Å². The van der Waals surface area contributed by atoms with Crippen molar-refractivity contribution in [2.75, 3.05) is 0 Å². The van der Waals surface area contributed by atoms with E-state index in [1.807, 2.05) is 13.8 Å². The third-order valence-electron chi connectivity index (χ3n) is 3.63. The second kappa shape index (κ2) is 2.83. The van der Waals surface area contributed by atoms with Crippen molar-refractivity contribution >= 4 is 6.09 Å². The molecule has 1 aliphatic heterocycles. The fourth-order valence-electron chi connectivity index (χ4n) is 2.45. The topological polar surface area (TPSA) is 38.3 Å². The zero-order valence-corrected chi connectivity index (χ0v) is 8.90. The first-order chi connectivity index (χ1) is 6.77. The number of carbonyl (C=O) groups excluding carboxylic acids is 1. The van der Waals surface area contributed by atoms with Gasteiger partial charge in [-0.3, -0.25) is 0 Å². The zero-order valence-electron chi connectivity index (χ0n) is 8.90. The molecular weight excluding hydrogens is 204 g/mol. The lowest BCUT2D eigenvalue weighted by Gasteiger charge is -2.42. The van der Waals surface area contributed by atoms with Crippen molar-refractivity contribution in [2.24, 2.45) is 0 Å². The van der Waals surface area contributed by atoms with Gasteiger partial charge in [-0.05, 0) is 26.7 Å². The minimum atomic E-state index is -2.60. The van der Waals surface area contributed by atoms with Crippen molar-refractivity contribution in [1.82, 2.24) is 5.32 Å². The Morgan fingerprint density at radius 3 is 2.13 bits per heavy atom. The summed E-state index contributed by atoms with van der Waals surface area (Å²) in [5.41, 5.74) is -1.30. The summed E-state index contributed by atoms with van der Waals surface area (Å²) in [5.74, 6) is -2.60. The summed E-state index contributed by atoms with van der Waals surface area (Å²) in [5, 5.41) is 2.67. The molecule has 1 heterocycles. The van der Waals surface area contributed by atoms with Crippen LogP contribution in [-0.4, -0.2) is 23.2 Å². The van der Waals surface area contributed by atoms with Gasteiger partial charge in [0.1, 0.15) is 5.60 Å². The SMILES string of the molecule is CC1(C)NC(=O)OC12CCC(F)(F)CC2. The van der Waals surface area contributed by atoms with E-state index < -0.39 is 23.2 Å². The molecule has 1 spiro atoms. The highest BCUT2D eigenvalue weighted by Gasteiger charge is 2.58. The number of alkyl halides is 2. The van der Waals surface area contributed by atoms with Crippen molar-refractivity contribution < 1.29 is 18.3 Å². The molecule has 1 saturated heterocycles. The molecule has 2 fully saturated rings. The van der Waals surface area contributed by atoms with Crippen LogP contribution < -0.4 is 5.32 Å². The lowest BCUT2D eigenvalue weighted by Crippen LogP contribution is -2.55. The zero-order chi connectivity index (χ0) is 11.3. The van der Waals surface area contributed by atoms with E-state index in [1.165, 1.54) is 0 Å². The second-order valence-electron chi connectivity index (χ2n) is 4.99. The third-order valence-corrected chi connectivity index (χ3v) is 3.63. The van der Waals surface area contributed by atoms with Crippen LogP contribution in [0.5, 0.6) is 0 Å². The summed E-state index contributed by atoms with van der Waals surface area (Å²) < 4.78 is 31.3. The van der Waals surface area contributed by atoms with E-state index in [0.717, 1.165) is 0 Å². The Hall–Kier alpha value is -0.870. The van der Waals surface area contributed by atoms with Crippen LogP contribution in [0.25, 0.3) is 0 Å². The summed E-state index contributed by atoms with van der Waals surface area (Å²) in [6.07, 6.45) is -0.445. The highest BCUT2D eigenvalue weighted by Crippen LogP contribution is 2.47. The number of halogens is 2. The van der Waals surface area contributed by atoms with Crippen molar-refractivity contribution in [1.29, 1.82) is 0 Å². The van der Waals surface area contributed by atoms with Gasteiger partial charge in [-0.1, -0.05) is 0 Å². The van der Waals surface area contributed by atoms with Crippen LogP contribution in [0, 0.1) is 0 Å². The molecule has 0 aromatic carbocycles.